The highest BCUT2D eigenvalue weighted by Gasteiger charge is 2.11. The molecule has 0 aliphatic rings. The van der Waals surface area contributed by atoms with Crippen molar-refractivity contribution in [2.24, 2.45) is 0 Å². The van der Waals surface area contributed by atoms with Gasteiger partial charge in [-0.25, -0.2) is 4.79 Å². The average Bonchev–Trinajstić information content (AvgIpc) is 2.82. The van der Waals surface area contributed by atoms with Crippen LogP contribution in [0.5, 0.6) is 0 Å². The highest BCUT2D eigenvalue weighted by Crippen LogP contribution is 2.28. The summed E-state index contributed by atoms with van der Waals surface area (Å²) in [6, 6.07) is 9.01. The molecule has 0 amide bonds. The van der Waals surface area contributed by atoms with E-state index in [1.54, 1.807) is 12.1 Å². The van der Waals surface area contributed by atoms with Gasteiger partial charge in [0, 0.05) is 11.9 Å². The van der Waals surface area contributed by atoms with Crippen LogP contribution in [0, 0.1) is 0 Å². The molecule has 0 aliphatic carbocycles. The molecule has 20 heavy (non-hydrogen) atoms. The molecular formula is C14H15ClN2O2S. The summed E-state index contributed by atoms with van der Waals surface area (Å²) >= 11 is 7.45. The molecule has 1 aromatic heterocycles. The lowest BCUT2D eigenvalue weighted by molar-refractivity contribution is 0.0601. The number of carbonyl (C=O) groups is 1. The second kappa shape index (κ2) is 6.15. The first-order valence-electron chi connectivity index (χ1n) is 5.94. The second-order valence-electron chi connectivity index (χ2n) is 4.33. The summed E-state index contributed by atoms with van der Waals surface area (Å²) in [6.07, 6.45) is 0. The van der Waals surface area contributed by atoms with Gasteiger partial charge in [0.15, 0.2) is 0 Å². The number of nitrogen functional groups attached to an aromatic ring is 1. The Morgan fingerprint density at radius 2 is 2.15 bits per heavy atom. The molecule has 4 nitrogen and oxygen atoms in total. The number of methoxy groups -OCH3 is 1. The molecule has 0 saturated carbocycles. The second-order valence-corrected chi connectivity index (χ2v) is 6.13. The highest BCUT2D eigenvalue weighted by molar-refractivity contribution is 7.16. The summed E-state index contributed by atoms with van der Waals surface area (Å²) in [4.78, 5) is 14.6. The Bertz CT molecular complexity index is 627. The maximum absolute atomic E-state index is 11.4. The molecule has 1 heterocycles. The van der Waals surface area contributed by atoms with Crippen LogP contribution in [0.25, 0.3) is 0 Å². The van der Waals surface area contributed by atoms with Crippen LogP contribution in [0.2, 0.25) is 4.34 Å². The number of ether oxygens (including phenoxy) is 1. The number of hydrogen-bond acceptors (Lipinski definition) is 5. The lowest BCUT2D eigenvalue weighted by atomic mass is 10.1. The molecule has 0 radical (unpaired) electrons. The summed E-state index contributed by atoms with van der Waals surface area (Å²) in [7, 11) is 3.29. The third-order valence-corrected chi connectivity index (χ3v) is 4.10. The van der Waals surface area contributed by atoms with Crippen molar-refractivity contribution in [2.45, 2.75) is 6.54 Å². The van der Waals surface area contributed by atoms with E-state index in [1.807, 2.05) is 30.1 Å². The minimum absolute atomic E-state index is 0.393. The number of esters is 1. The van der Waals surface area contributed by atoms with Crippen LogP contribution in [-0.4, -0.2) is 20.1 Å². The number of anilines is 2. The Balaban J connectivity index is 2.17. The predicted octanol–water partition coefficient (Wildman–Crippen LogP) is 3.41. The van der Waals surface area contributed by atoms with E-state index in [1.165, 1.54) is 18.4 Å². The molecule has 6 heteroatoms. The fraction of sp³-hybridized carbons (Fsp3) is 0.214. The monoisotopic (exact) mass is 310 g/mol. The maximum Gasteiger partial charge on any atom is 0.337 e. The average molecular weight is 311 g/mol. The first-order chi connectivity index (χ1) is 9.51. The van der Waals surface area contributed by atoms with E-state index in [9.17, 15) is 4.79 Å². The normalized spacial score (nSPS) is 10.3. The summed E-state index contributed by atoms with van der Waals surface area (Å²) in [5.74, 6) is -0.393. The fourth-order valence-corrected chi connectivity index (χ4v) is 3.04. The number of carbonyl (C=O) groups excluding carboxylic acids is 1. The first kappa shape index (κ1) is 14.7. The lowest BCUT2D eigenvalue weighted by Crippen LogP contribution is -2.17. The van der Waals surface area contributed by atoms with Crippen molar-refractivity contribution in [1.82, 2.24) is 0 Å². The van der Waals surface area contributed by atoms with E-state index in [4.69, 9.17) is 17.3 Å². The summed E-state index contributed by atoms with van der Waals surface area (Å²) in [6.45, 7) is 0.707. The molecule has 1 aromatic carbocycles. The van der Waals surface area contributed by atoms with E-state index in [-0.39, 0.29) is 0 Å². The van der Waals surface area contributed by atoms with Crippen molar-refractivity contribution in [2.75, 3.05) is 24.8 Å². The molecule has 0 saturated heterocycles. The van der Waals surface area contributed by atoms with Gasteiger partial charge in [-0.2, -0.15) is 0 Å². The van der Waals surface area contributed by atoms with E-state index < -0.39 is 5.97 Å². The quantitative estimate of drug-likeness (QED) is 0.694. The van der Waals surface area contributed by atoms with Gasteiger partial charge in [-0.15, -0.1) is 11.3 Å². The number of rotatable bonds is 4. The number of benzene rings is 1. The minimum atomic E-state index is -0.393. The Hall–Kier alpha value is -1.72. The van der Waals surface area contributed by atoms with E-state index >= 15 is 0 Å². The Morgan fingerprint density at radius 1 is 1.40 bits per heavy atom. The smallest absolute Gasteiger partial charge is 0.337 e. The Morgan fingerprint density at radius 3 is 2.70 bits per heavy atom. The zero-order chi connectivity index (χ0) is 14.7. The van der Waals surface area contributed by atoms with Crippen LogP contribution in [0.3, 0.4) is 0 Å². The molecule has 106 valence electrons. The molecule has 0 bridgehead atoms. The maximum atomic E-state index is 11.4. The third-order valence-electron chi connectivity index (χ3n) is 2.88. The molecule has 2 aromatic rings. The lowest BCUT2D eigenvalue weighted by Gasteiger charge is -2.20. The molecule has 0 fully saturated rings. The van der Waals surface area contributed by atoms with E-state index in [0.29, 0.717) is 17.8 Å². The Kier molecular flexibility index (Phi) is 4.52. The Labute approximate surface area is 126 Å². The first-order valence-corrected chi connectivity index (χ1v) is 7.14. The van der Waals surface area contributed by atoms with Crippen LogP contribution < -0.4 is 10.6 Å². The summed E-state index contributed by atoms with van der Waals surface area (Å²) in [5.41, 5.74) is 7.85. The van der Waals surface area contributed by atoms with Crippen molar-refractivity contribution in [3.05, 3.63) is 45.1 Å². The topological polar surface area (TPSA) is 55.6 Å². The summed E-state index contributed by atoms with van der Waals surface area (Å²) in [5, 5.41) is 0. The molecule has 0 atom stereocenters. The molecule has 2 N–H and O–H groups in total. The number of hydrogen-bond donors (Lipinski definition) is 1. The number of halogens is 1. The molecular weight excluding hydrogens is 296 g/mol. The van der Waals surface area contributed by atoms with Crippen molar-refractivity contribution in [3.8, 4) is 0 Å². The van der Waals surface area contributed by atoms with Gasteiger partial charge in [0.25, 0.3) is 0 Å². The predicted molar refractivity (Wildman–Crippen MR) is 83.6 cm³/mol. The standard InChI is InChI=1S/C14H15ClN2O2S/c1-17(8-10-4-6-13(15)20-10)12-5-3-9(7-11(12)16)14(18)19-2/h3-7H,8,16H2,1-2H3. The van der Waals surface area contributed by atoms with Gasteiger partial charge in [-0.3, -0.25) is 0 Å². The van der Waals surface area contributed by atoms with Crippen LogP contribution in [0.15, 0.2) is 30.3 Å². The van der Waals surface area contributed by atoms with Crippen molar-refractivity contribution in [1.29, 1.82) is 0 Å². The molecule has 0 spiro atoms. The van der Waals surface area contributed by atoms with Crippen molar-refractivity contribution < 1.29 is 9.53 Å². The van der Waals surface area contributed by atoms with Crippen LogP contribution in [0.1, 0.15) is 15.2 Å². The highest BCUT2D eigenvalue weighted by atomic mass is 35.5. The largest absolute Gasteiger partial charge is 0.465 e. The zero-order valence-corrected chi connectivity index (χ0v) is 12.8. The van der Waals surface area contributed by atoms with E-state index in [2.05, 4.69) is 4.74 Å². The van der Waals surface area contributed by atoms with Gasteiger partial charge in [-0.05, 0) is 30.3 Å². The minimum Gasteiger partial charge on any atom is -0.465 e. The van der Waals surface area contributed by atoms with Crippen molar-refractivity contribution >= 4 is 40.3 Å². The fourth-order valence-electron chi connectivity index (χ4n) is 1.90. The van der Waals surface area contributed by atoms with Crippen LogP contribution >= 0.6 is 22.9 Å². The summed E-state index contributed by atoms with van der Waals surface area (Å²) < 4.78 is 5.44. The van der Waals surface area contributed by atoms with Gasteiger partial charge in [0.1, 0.15) is 0 Å². The zero-order valence-electron chi connectivity index (χ0n) is 11.2. The van der Waals surface area contributed by atoms with Gasteiger partial charge in [-0.1, -0.05) is 11.6 Å². The molecule has 2 rings (SSSR count). The van der Waals surface area contributed by atoms with Gasteiger partial charge in [0.05, 0.1) is 34.9 Å². The van der Waals surface area contributed by atoms with Crippen LogP contribution in [-0.2, 0) is 11.3 Å². The molecule has 0 aliphatic heterocycles. The van der Waals surface area contributed by atoms with Crippen molar-refractivity contribution in [3.63, 3.8) is 0 Å². The van der Waals surface area contributed by atoms with Crippen LogP contribution in [0.4, 0.5) is 11.4 Å². The number of thiophene rings is 1. The van der Waals surface area contributed by atoms with Gasteiger partial charge < -0.3 is 15.4 Å². The van der Waals surface area contributed by atoms with Gasteiger partial charge >= 0.3 is 5.97 Å². The molecule has 0 unspecified atom stereocenters. The SMILES string of the molecule is COC(=O)c1ccc(N(C)Cc2ccc(Cl)s2)c(N)c1. The van der Waals surface area contributed by atoms with Gasteiger partial charge in [0.2, 0.25) is 0 Å². The van der Waals surface area contributed by atoms with E-state index in [0.717, 1.165) is 14.9 Å². The third kappa shape index (κ3) is 3.23. The number of nitrogens with zero attached hydrogens (tertiary/aromatic N) is 1. The number of nitrogens with two attached hydrogens (primary N) is 1.